The van der Waals surface area contributed by atoms with Crippen molar-refractivity contribution < 1.29 is 9.50 Å². The summed E-state index contributed by atoms with van der Waals surface area (Å²) < 4.78 is 13.2. The first kappa shape index (κ1) is 12.5. The molecule has 0 radical (unpaired) electrons. The van der Waals surface area contributed by atoms with Gasteiger partial charge in [0.05, 0.1) is 0 Å². The van der Waals surface area contributed by atoms with E-state index in [0.29, 0.717) is 5.56 Å². The van der Waals surface area contributed by atoms with Gasteiger partial charge in [-0.3, -0.25) is 4.99 Å². The third kappa shape index (κ3) is 1.66. The van der Waals surface area contributed by atoms with Crippen LogP contribution < -0.4 is 0 Å². The number of aliphatic hydroxyl groups is 1. The summed E-state index contributed by atoms with van der Waals surface area (Å²) in [4.78, 5) is 6.50. The minimum atomic E-state index is -1.26. The molecule has 4 rings (SSSR count). The quantitative estimate of drug-likeness (QED) is 0.872. The molecule has 21 heavy (non-hydrogen) atoms. The van der Waals surface area contributed by atoms with E-state index in [0.717, 1.165) is 36.5 Å². The van der Waals surface area contributed by atoms with Crippen LogP contribution in [0, 0.1) is 5.82 Å². The third-order valence-corrected chi connectivity index (χ3v) is 4.24. The van der Waals surface area contributed by atoms with Crippen LogP contribution in [0.1, 0.15) is 23.1 Å². The fraction of sp³-hybridized carbons (Fsp3) is 0.235. The predicted octanol–water partition coefficient (Wildman–Crippen LogP) is 2.49. The fourth-order valence-corrected chi connectivity index (χ4v) is 3.27. The lowest BCUT2D eigenvalue weighted by Crippen LogP contribution is -2.47. The zero-order chi connectivity index (χ0) is 14.4. The van der Waals surface area contributed by atoms with E-state index in [1.54, 1.807) is 12.1 Å². The molecule has 1 atom stereocenters. The van der Waals surface area contributed by atoms with Gasteiger partial charge in [0.15, 0.2) is 5.72 Å². The first-order valence-electron chi connectivity index (χ1n) is 7.11. The van der Waals surface area contributed by atoms with E-state index in [2.05, 4.69) is 4.99 Å². The topological polar surface area (TPSA) is 35.8 Å². The van der Waals surface area contributed by atoms with E-state index in [4.69, 9.17) is 0 Å². The molecule has 106 valence electrons. The molecule has 0 saturated heterocycles. The Morgan fingerprint density at radius 3 is 2.67 bits per heavy atom. The van der Waals surface area contributed by atoms with Gasteiger partial charge in [-0.2, -0.15) is 0 Å². The third-order valence-electron chi connectivity index (χ3n) is 4.24. The average Bonchev–Trinajstić information content (AvgIpc) is 2.80. The second-order valence-corrected chi connectivity index (χ2v) is 5.44. The van der Waals surface area contributed by atoms with Gasteiger partial charge in [-0.25, -0.2) is 4.39 Å². The van der Waals surface area contributed by atoms with Gasteiger partial charge in [0.2, 0.25) is 0 Å². The van der Waals surface area contributed by atoms with Gasteiger partial charge in [0.25, 0.3) is 0 Å². The lowest BCUT2D eigenvalue weighted by atomic mass is 9.94. The Labute approximate surface area is 122 Å². The van der Waals surface area contributed by atoms with Crippen LogP contribution in [0.15, 0.2) is 53.5 Å². The van der Waals surface area contributed by atoms with E-state index in [-0.39, 0.29) is 5.82 Å². The molecule has 2 aromatic carbocycles. The number of benzene rings is 2. The zero-order valence-corrected chi connectivity index (χ0v) is 11.5. The number of fused-ring (bicyclic) bond motifs is 3. The van der Waals surface area contributed by atoms with Gasteiger partial charge in [-0.15, -0.1) is 0 Å². The fourth-order valence-electron chi connectivity index (χ4n) is 3.27. The van der Waals surface area contributed by atoms with Crippen molar-refractivity contribution in [3.63, 3.8) is 0 Å². The SMILES string of the molecule is OC1(c2ccc(F)cc2)c2ccccc2C2=NCCCN21. The van der Waals surface area contributed by atoms with Gasteiger partial charge in [0.1, 0.15) is 11.7 Å². The van der Waals surface area contributed by atoms with E-state index < -0.39 is 5.72 Å². The van der Waals surface area contributed by atoms with Crippen molar-refractivity contribution in [2.75, 3.05) is 13.1 Å². The summed E-state index contributed by atoms with van der Waals surface area (Å²) >= 11 is 0. The summed E-state index contributed by atoms with van der Waals surface area (Å²) in [5.74, 6) is 0.532. The summed E-state index contributed by atoms with van der Waals surface area (Å²) in [7, 11) is 0. The zero-order valence-electron chi connectivity index (χ0n) is 11.5. The van der Waals surface area contributed by atoms with Gasteiger partial charge in [0, 0.05) is 29.8 Å². The van der Waals surface area contributed by atoms with E-state index in [1.165, 1.54) is 12.1 Å². The molecule has 0 aromatic heterocycles. The molecule has 3 nitrogen and oxygen atoms in total. The molecule has 1 N–H and O–H groups in total. The maximum Gasteiger partial charge on any atom is 0.193 e. The van der Waals surface area contributed by atoms with Gasteiger partial charge >= 0.3 is 0 Å². The van der Waals surface area contributed by atoms with Gasteiger partial charge < -0.3 is 10.0 Å². The molecular formula is C17H15FN2O. The largest absolute Gasteiger partial charge is 0.363 e. The van der Waals surface area contributed by atoms with Crippen LogP contribution in [0.3, 0.4) is 0 Å². The Morgan fingerprint density at radius 1 is 1.10 bits per heavy atom. The van der Waals surface area contributed by atoms with E-state index in [9.17, 15) is 9.50 Å². The predicted molar refractivity (Wildman–Crippen MR) is 78.6 cm³/mol. The maximum atomic E-state index is 13.2. The minimum Gasteiger partial charge on any atom is -0.363 e. The van der Waals surface area contributed by atoms with Crippen molar-refractivity contribution >= 4 is 5.84 Å². The van der Waals surface area contributed by atoms with Crippen LogP contribution in [-0.4, -0.2) is 28.9 Å². The molecule has 1 unspecified atom stereocenters. The molecule has 0 bridgehead atoms. The summed E-state index contributed by atoms with van der Waals surface area (Å²) in [6.07, 6.45) is 0.904. The van der Waals surface area contributed by atoms with Crippen LogP contribution in [0.2, 0.25) is 0 Å². The van der Waals surface area contributed by atoms with Crippen molar-refractivity contribution in [3.8, 4) is 0 Å². The lowest BCUT2D eigenvalue weighted by Gasteiger charge is -2.37. The monoisotopic (exact) mass is 282 g/mol. The van der Waals surface area contributed by atoms with Crippen molar-refractivity contribution in [1.82, 2.24) is 4.90 Å². The van der Waals surface area contributed by atoms with Crippen LogP contribution >= 0.6 is 0 Å². The van der Waals surface area contributed by atoms with Gasteiger partial charge in [-0.05, 0) is 18.6 Å². The number of rotatable bonds is 1. The van der Waals surface area contributed by atoms with Crippen molar-refractivity contribution in [3.05, 3.63) is 71.0 Å². The van der Waals surface area contributed by atoms with Crippen molar-refractivity contribution in [2.45, 2.75) is 12.1 Å². The maximum absolute atomic E-state index is 13.2. The number of nitrogens with zero attached hydrogens (tertiary/aromatic N) is 2. The van der Waals surface area contributed by atoms with E-state index >= 15 is 0 Å². The Hall–Kier alpha value is -2.20. The molecule has 0 saturated carbocycles. The molecule has 2 aliphatic heterocycles. The number of halogens is 1. The lowest BCUT2D eigenvalue weighted by molar-refractivity contribution is -0.0318. The van der Waals surface area contributed by atoms with Crippen LogP contribution in [-0.2, 0) is 5.72 Å². The highest BCUT2D eigenvalue weighted by Gasteiger charge is 2.48. The normalized spacial score (nSPS) is 23.5. The molecular weight excluding hydrogens is 267 g/mol. The molecule has 2 aliphatic rings. The molecule has 4 heteroatoms. The summed E-state index contributed by atoms with van der Waals surface area (Å²) in [6, 6.07) is 13.8. The average molecular weight is 282 g/mol. The summed E-state index contributed by atoms with van der Waals surface area (Å²) in [5.41, 5.74) is 1.19. The molecule has 2 aromatic rings. The van der Waals surface area contributed by atoms with Crippen LogP contribution in [0.5, 0.6) is 0 Å². The standard InChI is InChI=1S/C17H15FN2O/c18-13-8-6-12(7-9-13)17(21)15-5-2-1-4-14(15)16-19-10-3-11-20(16)17/h1-2,4-9,21H,3,10-11H2. The van der Waals surface area contributed by atoms with Crippen LogP contribution in [0.25, 0.3) is 0 Å². The Bertz CT molecular complexity index is 726. The number of hydrogen-bond acceptors (Lipinski definition) is 3. The first-order valence-corrected chi connectivity index (χ1v) is 7.11. The first-order chi connectivity index (χ1) is 10.2. The minimum absolute atomic E-state index is 0.304. The molecule has 0 aliphatic carbocycles. The number of amidine groups is 1. The molecule has 0 spiro atoms. The van der Waals surface area contributed by atoms with Gasteiger partial charge in [-0.1, -0.05) is 36.4 Å². The smallest absolute Gasteiger partial charge is 0.193 e. The molecule has 0 fully saturated rings. The Morgan fingerprint density at radius 2 is 1.86 bits per heavy atom. The second-order valence-electron chi connectivity index (χ2n) is 5.44. The Kier molecular flexibility index (Phi) is 2.62. The number of hydrogen-bond donors (Lipinski definition) is 1. The molecule has 0 amide bonds. The van der Waals surface area contributed by atoms with Crippen LogP contribution in [0.4, 0.5) is 4.39 Å². The van der Waals surface area contributed by atoms with Crippen molar-refractivity contribution in [1.29, 1.82) is 0 Å². The summed E-state index contributed by atoms with van der Waals surface area (Å²) in [5, 5.41) is 11.4. The highest BCUT2D eigenvalue weighted by Crippen LogP contribution is 2.43. The van der Waals surface area contributed by atoms with Crippen molar-refractivity contribution in [2.24, 2.45) is 4.99 Å². The molecule has 2 heterocycles. The van der Waals surface area contributed by atoms with E-state index in [1.807, 2.05) is 29.2 Å². The number of aliphatic imine (C=N–C) groups is 1. The summed E-state index contributed by atoms with van der Waals surface area (Å²) in [6.45, 7) is 1.51. The Balaban J connectivity index is 1.96. The highest BCUT2D eigenvalue weighted by atomic mass is 19.1. The highest BCUT2D eigenvalue weighted by molar-refractivity contribution is 6.04. The second kappa shape index (κ2) is 4.40.